The highest BCUT2D eigenvalue weighted by atomic mass is 16.4. The number of amides is 19. The molecule has 30 N–H and O–H groups in total. The molecule has 2 aromatic rings. The number of carboxylic acid groups (broad SMARTS) is 5. The van der Waals surface area contributed by atoms with E-state index in [2.05, 4.69) is 90.4 Å². The number of carbonyl (C=O) groups is 24. The van der Waals surface area contributed by atoms with E-state index >= 15 is 0 Å². The van der Waals surface area contributed by atoms with Crippen LogP contribution in [0, 0.1) is 23.7 Å². The Balaban J connectivity index is 2.34. The van der Waals surface area contributed by atoms with Crippen molar-refractivity contribution in [2.75, 3.05) is 33.0 Å². The number of carbonyl (C=O) groups excluding carboxylic acids is 19. The summed E-state index contributed by atoms with van der Waals surface area (Å²) in [5, 5.41) is 132. The Labute approximate surface area is 804 Å². The van der Waals surface area contributed by atoms with Crippen LogP contribution in [0.4, 0.5) is 0 Å². The molecule has 0 saturated carbocycles. The molecule has 0 fully saturated rings. The molecule has 0 bridgehead atoms. The van der Waals surface area contributed by atoms with E-state index in [0.717, 1.165) is 13.8 Å². The first-order valence-electron chi connectivity index (χ1n) is 44.6. The van der Waals surface area contributed by atoms with Crippen LogP contribution in [0.1, 0.15) is 153 Å². The molecule has 0 spiro atoms. The third kappa shape index (κ3) is 43.5. The van der Waals surface area contributed by atoms with Crippen molar-refractivity contribution in [3.63, 3.8) is 0 Å². The number of nitrogens with one attached hydrogen (secondary N) is 19. The van der Waals surface area contributed by atoms with E-state index in [-0.39, 0.29) is 25.7 Å². The van der Waals surface area contributed by atoms with Crippen molar-refractivity contribution < 1.29 is 161 Å². The van der Waals surface area contributed by atoms with Crippen molar-refractivity contribution in [1.29, 1.82) is 0 Å². The molecule has 0 aliphatic carbocycles. The van der Waals surface area contributed by atoms with Crippen molar-refractivity contribution in [2.24, 2.45) is 29.4 Å². The van der Waals surface area contributed by atoms with Crippen molar-refractivity contribution in [1.82, 2.24) is 101 Å². The Hall–Kier alpha value is -14.5. The molecular formula is C87H132N20O33. The van der Waals surface area contributed by atoms with Crippen molar-refractivity contribution in [3.05, 3.63) is 71.8 Å². The molecule has 53 nitrogen and oxygen atoms in total. The monoisotopic (exact) mass is 1980 g/mol. The van der Waals surface area contributed by atoms with E-state index in [0.29, 0.717) is 11.1 Å². The summed E-state index contributed by atoms with van der Waals surface area (Å²) < 4.78 is 0. The van der Waals surface area contributed by atoms with Crippen LogP contribution >= 0.6 is 0 Å². The summed E-state index contributed by atoms with van der Waals surface area (Å²) in [5.41, 5.74) is 6.31. The molecule has 2 rings (SSSR count). The largest absolute Gasteiger partial charge is 0.481 e. The number of carboxylic acids is 5. The summed E-state index contributed by atoms with van der Waals surface area (Å²) in [6.07, 6.45) is -5.41. The van der Waals surface area contributed by atoms with Crippen LogP contribution in [0.2, 0.25) is 0 Å². The topological polar surface area (TPSA) is 846 Å². The molecule has 0 aromatic heterocycles. The second-order valence-corrected chi connectivity index (χ2v) is 34.1. The van der Waals surface area contributed by atoms with Crippen molar-refractivity contribution in [2.45, 2.75) is 269 Å². The fourth-order valence-corrected chi connectivity index (χ4v) is 12.9. The highest BCUT2D eigenvalue weighted by molar-refractivity contribution is 6.03. The summed E-state index contributed by atoms with van der Waals surface area (Å²) >= 11 is 0. The highest BCUT2D eigenvalue weighted by Gasteiger charge is 2.41. The van der Waals surface area contributed by atoms with Gasteiger partial charge in [0, 0.05) is 25.7 Å². The third-order valence-corrected chi connectivity index (χ3v) is 21.2. The Morgan fingerprint density at radius 1 is 0.271 bits per heavy atom. The van der Waals surface area contributed by atoms with E-state index in [1.807, 2.05) is 10.6 Å². The number of hydrogen-bond acceptors (Lipinski definition) is 29. The minimum Gasteiger partial charge on any atom is -0.481 e. The number of hydrogen-bond donors (Lipinski definition) is 29. The van der Waals surface area contributed by atoms with Gasteiger partial charge in [0.1, 0.15) is 115 Å². The number of benzene rings is 2. The van der Waals surface area contributed by atoms with E-state index in [9.17, 15) is 151 Å². The van der Waals surface area contributed by atoms with Gasteiger partial charge in [0.25, 0.3) is 0 Å². The van der Waals surface area contributed by atoms with Gasteiger partial charge in [0.15, 0.2) is 0 Å². The zero-order valence-electron chi connectivity index (χ0n) is 79.6. The molecular weight excluding hydrogens is 1850 g/mol. The normalized spacial score (nSPS) is 15.4. The first-order chi connectivity index (χ1) is 65.5. The molecule has 0 aliphatic rings. The Morgan fingerprint density at radius 2 is 0.536 bits per heavy atom. The third-order valence-electron chi connectivity index (χ3n) is 21.2. The molecule has 19 amide bonds. The number of aliphatic hydroxyl groups excluding tert-OH is 4. The predicted octanol–water partition coefficient (Wildman–Crippen LogP) is -10.1. The number of aliphatic carboxylic acids is 5. The lowest BCUT2D eigenvalue weighted by Gasteiger charge is -2.29. The van der Waals surface area contributed by atoms with Crippen LogP contribution in [0.5, 0.6) is 0 Å². The van der Waals surface area contributed by atoms with Crippen LogP contribution in [0.15, 0.2) is 60.7 Å². The van der Waals surface area contributed by atoms with Crippen LogP contribution in [0.3, 0.4) is 0 Å². The summed E-state index contributed by atoms with van der Waals surface area (Å²) in [7, 11) is 0. The van der Waals surface area contributed by atoms with E-state index in [1.165, 1.54) is 55.4 Å². The van der Waals surface area contributed by atoms with Crippen molar-refractivity contribution >= 4 is 142 Å². The summed E-state index contributed by atoms with van der Waals surface area (Å²) in [6, 6.07) is -16.0. The van der Waals surface area contributed by atoms with Crippen LogP contribution < -0.4 is 107 Å². The van der Waals surface area contributed by atoms with Gasteiger partial charge in [-0.3, -0.25) is 115 Å². The lowest BCUT2D eigenvalue weighted by atomic mass is 9.97. The first-order valence-corrected chi connectivity index (χ1v) is 44.6. The quantitative estimate of drug-likeness (QED) is 0.0292. The van der Waals surface area contributed by atoms with Gasteiger partial charge >= 0.3 is 29.8 Å². The number of rotatable bonds is 63. The van der Waals surface area contributed by atoms with Crippen LogP contribution in [0.25, 0.3) is 0 Å². The van der Waals surface area contributed by atoms with Gasteiger partial charge in [0.05, 0.1) is 45.3 Å². The molecule has 0 radical (unpaired) electrons. The van der Waals surface area contributed by atoms with E-state index < -0.39 is 352 Å². The second-order valence-electron chi connectivity index (χ2n) is 34.1. The molecule has 140 heavy (non-hydrogen) atoms. The second kappa shape index (κ2) is 61.0. The Morgan fingerprint density at radius 3 is 0.871 bits per heavy atom. The summed E-state index contributed by atoms with van der Waals surface area (Å²) in [4.78, 5) is 318. The average molecular weight is 1990 g/mol. The molecule has 0 aliphatic heterocycles. The summed E-state index contributed by atoms with van der Waals surface area (Å²) in [6.45, 7) is 12.6. The lowest BCUT2D eigenvalue weighted by Crippen LogP contribution is -2.62. The van der Waals surface area contributed by atoms with Gasteiger partial charge in [-0.25, -0.2) is 0 Å². The van der Waals surface area contributed by atoms with Gasteiger partial charge in [-0.2, -0.15) is 0 Å². The molecule has 0 saturated heterocycles. The zero-order valence-corrected chi connectivity index (χ0v) is 79.6. The summed E-state index contributed by atoms with van der Waals surface area (Å²) in [5.74, 6) is -31.6. The van der Waals surface area contributed by atoms with E-state index in [4.69, 9.17) is 15.9 Å². The number of nitrogens with two attached hydrogens (primary N) is 1. The number of aliphatic hydroxyl groups is 4. The molecule has 0 heterocycles. The maximum absolute atomic E-state index is 14.4. The lowest BCUT2D eigenvalue weighted by molar-refractivity contribution is -0.142. The first kappa shape index (κ1) is 122. The maximum atomic E-state index is 14.4. The Bertz CT molecular complexity index is 4660. The average Bonchev–Trinajstić information content (AvgIpc) is 0.842. The van der Waals surface area contributed by atoms with Gasteiger partial charge in [-0.05, 0) is 88.7 Å². The van der Waals surface area contributed by atoms with E-state index in [1.54, 1.807) is 81.4 Å². The standard InChI is InChI=1S/C87H132N20O33/c1-14-42(8)68(87(140)96-52(26-28-62(114)115)76(129)102-60(38-111)84(137)98-54(30-48-21-17-15-18-22-48)79(132)97-53(29-39(2)3)78(131)104-59(37-110)83(136)95-51(25-27-61(112)113)75(128)89-34-65(120)121)107-73(126)47(13)94-82(135)58(36-109)103-80(133)55(31-49-23-19-16-20-24-49)99-85(138)66(40(4)5)106-72(125)46(12)92-77(130)56(33-64(118)119)100-86(139)67(41(6)7)105-71(124)45(11)91-69(122)43(9)90-70(123)44(10)93-81(134)57(35-108)101-74(127)50(88)32-63(116)117/h15-24,39-47,50-60,66-68,108-111H,14,25-38,88H2,1-13H3,(H,89,128)(H,90,123)(H,91,122)(H,92,130)(H,93,134)(H,94,135)(H,95,136)(H,96,140)(H,97,132)(H,98,137)(H,99,138)(H,100,139)(H,101,127)(H,102,129)(H,103,133)(H,104,131)(H,105,124)(H,106,125)(H,107,126)(H,112,113)(H,114,115)(H,116,117)(H,118,119)(H,120,121)/t42-,43-,44-,45-,46-,47-,50-,51-,52-,53-,54-,55-,56-,57-,58-,59-,60-,66-,67-,68-/m0/s1. The molecule has 20 atom stereocenters. The zero-order chi connectivity index (χ0) is 106. The van der Waals surface area contributed by atoms with Gasteiger partial charge in [0.2, 0.25) is 112 Å². The minimum atomic E-state index is -2.00. The fraction of sp³-hybridized carbons (Fsp3) is 0.586. The molecule has 2 aromatic carbocycles. The van der Waals surface area contributed by atoms with Gasteiger partial charge in [-0.1, -0.05) is 122 Å². The minimum absolute atomic E-state index is 0.118. The molecule has 53 heteroatoms. The maximum Gasteiger partial charge on any atom is 0.322 e. The van der Waals surface area contributed by atoms with Crippen LogP contribution in [-0.2, 0) is 128 Å². The van der Waals surface area contributed by atoms with Gasteiger partial charge < -0.3 is 153 Å². The predicted molar refractivity (Wildman–Crippen MR) is 487 cm³/mol. The van der Waals surface area contributed by atoms with Crippen LogP contribution in [-0.4, -0.2) is 336 Å². The SMILES string of the molecule is CC[C@H](C)[C@H](NC(=O)[C@H](C)NC(=O)[C@H](CO)NC(=O)[C@H](Cc1ccccc1)NC(=O)[C@@H](NC(=O)[C@H](C)NC(=O)[C@H](CC(=O)O)NC(=O)[C@@H](NC(=O)[C@H](C)NC(=O)[C@H](C)NC(=O)[C@H](C)NC(=O)[C@H](CO)NC(=O)[C@@H](N)CC(=O)O)C(C)C)C(C)C)C(=O)N[C@@H](CCC(=O)O)C(=O)N[C@@H](CO)C(=O)N[C@@H](Cc1ccccc1)C(=O)N[C@@H](CC(C)C)C(=O)N[C@@H](CO)C(=O)N[C@@H](CCC(=O)O)C(=O)NCC(=O)O. The highest BCUT2D eigenvalue weighted by Crippen LogP contribution is 2.16. The van der Waals surface area contributed by atoms with Crippen molar-refractivity contribution in [3.8, 4) is 0 Å². The fourth-order valence-electron chi connectivity index (χ4n) is 12.9. The Kier molecular flexibility index (Phi) is 53.0. The van der Waals surface area contributed by atoms with Gasteiger partial charge in [-0.15, -0.1) is 0 Å². The molecule has 778 valence electrons. The smallest absolute Gasteiger partial charge is 0.322 e. The molecule has 0 unspecified atom stereocenters.